The number of carbonyl (C=O) groups is 1. The number of carbonyl (C=O) groups excluding carboxylic acids is 1. The van der Waals surface area contributed by atoms with Crippen LogP contribution in [0.2, 0.25) is 0 Å². The summed E-state index contributed by atoms with van der Waals surface area (Å²) in [6, 6.07) is 13.9. The normalized spacial score (nSPS) is 15.7. The van der Waals surface area contributed by atoms with Crippen molar-refractivity contribution < 1.29 is 22.7 Å². The van der Waals surface area contributed by atoms with Crippen LogP contribution in [-0.4, -0.2) is 50.3 Å². The molecule has 3 heterocycles. The third-order valence-electron chi connectivity index (χ3n) is 5.86. The molecule has 7 nitrogen and oxygen atoms in total. The molecule has 0 saturated heterocycles. The van der Waals surface area contributed by atoms with Gasteiger partial charge >= 0.3 is 0 Å². The second kappa shape index (κ2) is 8.81. The molecule has 1 aromatic heterocycles. The van der Waals surface area contributed by atoms with Crippen LogP contribution in [0.15, 0.2) is 58.8 Å². The van der Waals surface area contributed by atoms with E-state index in [1.165, 1.54) is 15.2 Å². The molecule has 0 radical (unpaired) electrons. The highest BCUT2D eigenvalue weighted by atomic mass is 32.2. The van der Waals surface area contributed by atoms with E-state index >= 15 is 0 Å². The maximum atomic E-state index is 13.3. The van der Waals surface area contributed by atoms with E-state index in [9.17, 15) is 13.2 Å². The van der Waals surface area contributed by atoms with Gasteiger partial charge in [0.2, 0.25) is 10.0 Å². The fourth-order valence-electron chi connectivity index (χ4n) is 4.12. The number of hydrogen-bond acceptors (Lipinski definition) is 6. The highest BCUT2D eigenvalue weighted by Crippen LogP contribution is 2.31. The van der Waals surface area contributed by atoms with E-state index in [4.69, 9.17) is 9.47 Å². The van der Waals surface area contributed by atoms with Crippen LogP contribution in [0.4, 0.5) is 0 Å². The molecular weight excluding hydrogens is 460 g/mol. The Morgan fingerprint density at radius 3 is 2.76 bits per heavy atom. The number of thiophene rings is 1. The summed E-state index contributed by atoms with van der Waals surface area (Å²) in [7, 11) is -2.00. The van der Waals surface area contributed by atoms with Crippen LogP contribution < -0.4 is 9.47 Å². The van der Waals surface area contributed by atoms with E-state index in [0.29, 0.717) is 56.3 Å². The first kappa shape index (κ1) is 21.9. The Bertz CT molecular complexity index is 1300. The zero-order chi connectivity index (χ0) is 23.0. The van der Waals surface area contributed by atoms with Crippen LogP contribution in [0.1, 0.15) is 26.4 Å². The summed E-state index contributed by atoms with van der Waals surface area (Å²) >= 11 is 1.67. The molecule has 0 unspecified atom stereocenters. The highest BCUT2D eigenvalue weighted by molar-refractivity contribution is 7.89. The number of sulfonamides is 1. The first-order valence-electron chi connectivity index (χ1n) is 10.7. The van der Waals surface area contributed by atoms with E-state index in [0.717, 1.165) is 11.1 Å². The van der Waals surface area contributed by atoms with Gasteiger partial charge in [0, 0.05) is 37.1 Å². The molecule has 0 N–H and O–H groups in total. The first-order valence-corrected chi connectivity index (χ1v) is 13.0. The summed E-state index contributed by atoms with van der Waals surface area (Å²) in [5.74, 6) is 1.12. The lowest BCUT2D eigenvalue weighted by Crippen LogP contribution is -2.35. The number of rotatable bonds is 5. The average molecular weight is 485 g/mol. The molecule has 1 amide bonds. The minimum atomic E-state index is -3.70. The van der Waals surface area contributed by atoms with Gasteiger partial charge < -0.3 is 14.4 Å². The molecule has 2 aliphatic rings. The van der Waals surface area contributed by atoms with Crippen LogP contribution in [0.3, 0.4) is 0 Å². The van der Waals surface area contributed by atoms with E-state index < -0.39 is 10.0 Å². The number of fused-ring (bicyclic) bond motifs is 2. The van der Waals surface area contributed by atoms with Crippen molar-refractivity contribution in [3.05, 3.63) is 75.5 Å². The molecule has 9 heteroatoms. The Hall–Kier alpha value is -2.88. The molecule has 5 rings (SSSR count). The van der Waals surface area contributed by atoms with Gasteiger partial charge in [0.1, 0.15) is 13.2 Å². The quantitative estimate of drug-likeness (QED) is 0.554. The fraction of sp³-hybridized carbons (Fsp3) is 0.292. The van der Waals surface area contributed by atoms with Crippen LogP contribution in [0.5, 0.6) is 11.5 Å². The molecule has 2 aromatic carbocycles. The lowest BCUT2D eigenvalue weighted by molar-refractivity contribution is 0.0784. The Labute approximate surface area is 197 Å². The monoisotopic (exact) mass is 484 g/mol. The smallest absolute Gasteiger partial charge is 0.253 e. The zero-order valence-corrected chi connectivity index (χ0v) is 19.8. The average Bonchev–Trinajstić information content (AvgIpc) is 3.31. The van der Waals surface area contributed by atoms with Crippen molar-refractivity contribution in [1.29, 1.82) is 0 Å². The maximum Gasteiger partial charge on any atom is 0.253 e. The molecule has 0 spiro atoms. The van der Waals surface area contributed by atoms with E-state index in [-0.39, 0.29) is 10.8 Å². The van der Waals surface area contributed by atoms with Crippen molar-refractivity contribution in [2.45, 2.75) is 24.4 Å². The van der Waals surface area contributed by atoms with Gasteiger partial charge in [0.05, 0.1) is 4.90 Å². The molecule has 0 aliphatic carbocycles. The number of nitrogens with zero attached hydrogens (tertiary/aromatic N) is 2. The number of benzene rings is 2. The Balaban J connectivity index is 1.32. The maximum absolute atomic E-state index is 13.3. The summed E-state index contributed by atoms with van der Waals surface area (Å²) in [6.07, 6.45) is 0.711. The fourth-order valence-corrected chi connectivity index (χ4v) is 6.47. The van der Waals surface area contributed by atoms with Crippen molar-refractivity contribution in [1.82, 2.24) is 9.21 Å². The highest BCUT2D eigenvalue weighted by Gasteiger charge is 2.29. The number of hydrogen-bond donors (Lipinski definition) is 0. The summed E-state index contributed by atoms with van der Waals surface area (Å²) < 4.78 is 39.2. The lowest BCUT2D eigenvalue weighted by Gasteiger charge is -2.26. The van der Waals surface area contributed by atoms with Gasteiger partial charge in [-0.3, -0.25) is 4.79 Å². The lowest BCUT2D eigenvalue weighted by atomic mass is 10.1. The molecule has 0 atom stereocenters. The van der Waals surface area contributed by atoms with E-state index in [2.05, 4.69) is 0 Å². The number of amides is 1. The second-order valence-corrected chi connectivity index (χ2v) is 11.1. The van der Waals surface area contributed by atoms with Crippen LogP contribution in [-0.2, 0) is 29.5 Å². The van der Waals surface area contributed by atoms with Gasteiger partial charge in [-0.1, -0.05) is 12.1 Å². The summed E-state index contributed by atoms with van der Waals surface area (Å²) in [5.41, 5.74) is 2.30. The Kier molecular flexibility index (Phi) is 5.86. The molecule has 172 valence electrons. The summed E-state index contributed by atoms with van der Waals surface area (Å²) in [5, 5.41) is 2.00. The van der Waals surface area contributed by atoms with Crippen molar-refractivity contribution in [2.75, 3.05) is 26.8 Å². The Morgan fingerprint density at radius 2 is 1.91 bits per heavy atom. The van der Waals surface area contributed by atoms with Gasteiger partial charge in [-0.05, 0) is 59.3 Å². The number of ether oxygens (including phenoxy) is 2. The summed E-state index contributed by atoms with van der Waals surface area (Å²) in [4.78, 5) is 16.0. The van der Waals surface area contributed by atoms with Crippen LogP contribution in [0.25, 0.3) is 0 Å². The van der Waals surface area contributed by atoms with E-state index in [1.807, 2.05) is 29.6 Å². The molecular formula is C24H24N2O5S2. The van der Waals surface area contributed by atoms with Crippen molar-refractivity contribution >= 4 is 27.3 Å². The first-order chi connectivity index (χ1) is 15.9. The van der Waals surface area contributed by atoms with Gasteiger partial charge in [0.15, 0.2) is 11.5 Å². The summed E-state index contributed by atoms with van der Waals surface area (Å²) in [6.45, 7) is 2.19. The van der Waals surface area contributed by atoms with E-state index in [1.54, 1.807) is 41.5 Å². The predicted octanol–water partition coefficient (Wildman–Crippen LogP) is 3.54. The Morgan fingerprint density at radius 1 is 1.09 bits per heavy atom. The molecule has 0 bridgehead atoms. The van der Waals surface area contributed by atoms with Crippen molar-refractivity contribution in [2.24, 2.45) is 0 Å². The molecule has 3 aromatic rings. The third-order valence-corrected chi connectivity index (χ3v) is 8.73. The molecule has 0 fully saturated rings. The van der Waals surface area contributed by atoms with Gasteiger partial charge in [-0.2, -0.15) is 4.31 Å². The van der Waals surface area contributed by atoms with Gasteiger partial charge in [-0.25, -0.2) is 8.42 Å². The predicted molar refractivity (Wildman–Crippen MR) is 125 cm³/mol. The van der Waals surface area contributed by atoms with Crippen LogP contribution in [0, 0.1) is 0 Å². The molecule has 33 heavy (non-hydrogen) atoms. The van der Waals surface area contributed by atoms with Crippen molar-refractivity contribution in [3.63, 3.8) is 0 Å². The largest absolute Gasteiger partial charge is 0.486 e. The standard InChI is InChI=1S/C24H24N2O5S2/c1-25(15-17-5-6-21-22(13-17)31-11-10-30-21)24(27)18-3-2-4-20(14-18)33(28,29)26-9-7-23-19(16-26)8-12-32-23/h2-6,8,12-14H,7,9-11,15-16H2,1H3. The SMILES string of the molecule is CN(Cc1ccc2c(c1)OCCO2)C(=O)c1cccc(S(=O)(=O)N2CCc3sccc3C2)c1. The molecule has 2 aliphatic heterocycles. The second-order valence-electron chi connectivity index (χ2n) is 8.12. The van der Waals surface area contributed by atoms with Gasteiger partial charge in [-0.15, -0.1) is 11.3 Å². The van der Waals surface area contributed by atoms with Gasteiger partial charge in [0.25, 0.3) is 5.91 Å². The zero-order valence-electron chi connectivity index (χ0n) is 18.2. The molecule has 0 saturated carbocycles. The minimum Gasteiger partial charge on any atom is -0.486 e. The third kappa shape index (κ3) is 4.36. The topological polar surface area (TPSA) is 76.1 Å². The van der Waals surface area contributed by atoms with Crippen LogP contribution >= 0.6 is 11.3 Å². The minimum absolute atomic E-state index is 0.139. The van der Waals surface area contributed by atoms with Crippen molar-refractivity contribution in [3.8, 4) is 11.5 Å².